The summed E-state index contributed by atoms with van der Waals surface area (Å²) in [4.78, 5) is 10.8. The average molecular weight is 276 g/mol. The van der Waals surface area contributed by atoms with Crippen LogP contribution in [0.25, 0.3) is 0 Å². The maximum absolute atomic E-state index is 5.14. The molecule has 20 heavy (non-hydrogen) atoms. The maximum Gasteiger partial charge on any atom is 0.213 e. The van der Waals surface area contributed by atoms with Crippen LogP contribution in [-0.2, 0) is 6.54 Å². The zero-order valence-corrected chi connectivity index (χ0v) is 12.8. The highest BCUT2D eigenvalue weighted by molar-refractivity contribution is 5.80. The molecule has 1 aromatic heterocycles. The lowest BCUT2D eigenvalue weighted by molar-refractivity contribution is 0.370. The Morgan fingerprint density at radius 2 is 2.35 bits per heavy atom. The van der Waals surface area contributed by atoms with Crippen LogP contribution in [0.1, 0.15) is 25.8 Å². The standard InChI is InChI=1S/C15H24N4O/c1-15(2)6-8-19(11-15)14(16-3)18-10-12-5-7-17-13(9-12)20-4/h5,7,9H,6,8,10-11H2,1-4H3,(H,16,18). The number of guanidine groups is 1. The molecule has 0 spiro atoms. The molecular weight excluding hydrogens is 252 g/mol. The lowest BCUT2D eigenvalue weighted by atomic mass is 9.93. The van der Waals surface area contributed by atoms with Crippen molar-refractivity contribution in [3.05, 3.63) is 23.9 Å². The molecule has 1 aliphatic heterocycles. The number of nitrogens with one attached hydrogen (secondary N) is 1. The number of aliphatic imine (C=N–C) groups is 1. The molecular formula is C15H24N4O. The third kappa shape index (κ3) is 3.62. The minimum absolute atomic E-state index is 0.373. The Kier molecular flexibility index (Phi) is 4.47. The van der Waals surface area contributed by atoms with Crippen molar-refractivity contribution in [3.63, 3.8) is 0 Å². The van der Waals surface area contributed by atoms with E-state index in [9.17, 15) is 0 Å². The van der Waals surface area contributed by atoms with E-state index in [2.05, 4.69) is 34.0 Å². The molecule has 0 aliphatic carbocycles. The van der Waals surface area contributed by atoms with Crippen molar-refractivity contribution < 1.29 is 4.74 Å². The van der Waals surface area contributed by atoms with E-state index in [-0.39, 0.29) is 0 Å². The summed E-state index contributed by atoms with van der Waals surface area (Å²) in [7, 11) is 3.46. The van der Waals surface area contributed by atoms with Crippen molar-refractivity contribution in [1.82, 2.24) is 15.2 Å². The van der Waals surface area contributed by atoms with Crippen LogP contribution in [0.2, 0.25) is 0 Å². The smallest absolute Gasteiger partial charge is 0.213 e. The summed E-state index contributed by atoms with van der Waals surface area (Å²) in [6.07, 6.45) is 2.97. The van der Waals surface area contributed by atoms with Crippen molar-refractivity contribution >= 4 is 5.96 Å². The zero-order chi connectivity index (χ0) is 14.6. The van der Waals surface area contributed by atoms with Gasteiger partial charge in [0, 0.05) is 38.9 Å². The molecule has 0 atom stereocenters. The summed E-state index contributed by atoms with van der Waals surface area (Å²) >= 11 is 0. The number of hydrogen-bond acceptors (Lipinski definition) is 3. The predicted molar refractivity (Wildman–Crippen MR) is 81.0 cm³/mol. The van der Waals surface area contributed by atoms with Gasteiger partial charge in [-0.15, -0.1) is 0 Å². The van der Waals surface area contributed by atoms with Gasteiger partial charge in [-0.2, -0.15) is 0 Å². The number of likely N-dealkylation sites (tertiary alicyclic amines) is 1. The molecule has 1 fully saturated rings. The second kappa shape index (κ2) is 6.11. The first-order valence-corrected chi connectivity index (χ1v) is 6.98. The highest BCUT2D eigenvalue weighted by Crippen LogP contribution is 2.28. The summed E-state index contributed by atoms with van der Waals surface area (Å²) in [5.41, 5.74) is 1.51. The van der Waals surface area contributed by atoms with Gasteiger partial charge in [-0.1, -0.05) is 13.8 Å². The third-order valence-electron chi connectivity index (χ3n) is 3.65. The van der Waals surface area contributed by atoms with Gasteiger partial charge in [-0.05, 0) is 23.5 Å². The first-order valence-electron chi connectivity index (χ1n) is 6.98. The molecule has 0 amide bonds. The quantitative estimate of drug-likeness (QED) is 0.676. The Labute approximate surface area is 121 Å². The molecule has 0 unspecified atom stereocenters. The number of aromatic nitrogens is 1. The van der Waals surface area contributed by atoms with Crippen LogP contribution in [0.5, 0.6) is 5.88 Å². The fourth-order valence-electron chi connectivity index (χ4n) is 2.48. The van der Waals surface area contributed by atoms with Crippen molar-refractivity contribution in [2.45, 2.75) is 26.8 Å². The molecule has 0 bridgehead atoms. The van der Waals surface area contributed by atoms with Gasteiger partial charge < -0.3 is 15.0 Å². The van der Waals surface area contributed by atoms with Crippen molar-refractivity contribution in [2.24, 2.45) is 10.4 Å². The number of pyridine rings is 1. The van der Waals surface area contributed by atoms with Gasteiger partial charge in [-0.25, -0.2) is 4.98 Å². The molecule has 0 saturated carbocycles. The van der Waals surface area contributed by atoms with Crippen LogP contribution >= 0.6 is 0 Å². The molecule has 5 heteroatoms. The number of ether oxygens (including phenoxy) is 1. The van der Waals surface area contributed by atoms with Crippen molar-refractivity contribution in [2.75, 3.05) is 27.2 Å². The second-order valence-electron chi connectivity index (χ2n) is 5.94. The molecule has 2 rings (SSSR count). The Morgan fingerprint density at radius 1 is 1.55 bits per heavy atom. The van der Waals surface area contributed by atoms with Gasteiger partial charge in [-0.3, -0.25) is 4.99 Å². The van der Waals surface area contributed by atoms with Gasteiger partial charge in [0.2, 0.25) is 5.88 Å². The van der Waals surface area contributed by atoms with E-state index in [1.807, 2.05) is 19.2 Å². The highest BCUT2D eigenvalue weighted by Gasteiger charge is 2.30. The molecule has 2 heterocycles. The van der Waals surface area contributed by atoms with Gasteiger partial charge in [0.1, 0.15) is 0 Å². The largest absolute Gasteiger partial charge is 0.481 e. The highest BCUT2D eigenvalue weighted by atomic mass is 16.5. The molecule has 1 aliphatic rings. The van der Waals surface area contributed by atoms with Crippen LogP contribution < -0.4 is 10.1 Å². The Morgan fingerprint density at radius 3 is 2.95 bits per heavy atom. The Hall–Kier alpha value is -1.78. The van der Waals surface area contributed by atoms with Gasteiger partial charge in [0.05, 0.1) is 7.11 Å². The van der Waals surface area contributed by atoms with Crippen molar-refractivity contribution in [3.8, 4) is 5.88 Å². The van der Waals surface area contributed by atoms with E-state index in [1.54, 1.807) is 13.3 Å². The second-order valence-corrected chi connectivity index (χ2v) is 5.94. The van der Waals surface area contributed by atoms with Crippen LogP contribution in [0.3, 0.4) is 0 Å². The Balaban J connectivity index is 1.94. The summed E-state index contributed by atoms with van der Waals surface area (Å²) in [6, 6.07) is 3.92. The topological polar surface area (TPSA) is 49.8 Å². The Bertz CT molecular complexity index is 485. The predicted octanol–water partition coefficient (Wildman–Crippen LogP) is 1.90. The van der Waals surface area contributed by atoms with E-state index in [1.165, 1.54) is 6.42 Å². The lowest BCUT2D eigenvalue weighted by Crippen LogP contribution is -2.40. The minimum Gasteiger partial charge on any atom is -0.481 e. The number of hydrogen-bond donors (Lipinski definition) is 1. The molecule has 1 saturated heterocycles. The molecule has 5 nitrogen and oxygen atoms in total. The third-order valence-corrected chi connectivity index (χ3v) is 3.65. The molecule has 1 N–H and O–H groups in total. The monoisotopic (exact) mass is 276 g/mol. The van der Waals surface area contributed by atoms with E-state index in [0.717, 1.165) is 31.2 Å². The molecule has 0 aromatic carbocycles. The van der Waals surface area contributed by atoms with Gasteiger partial charge >= 0.3 is 0 Å². The zero-order valence-electron chi connectivity index (χ0n) is 12.8. The maximum atomic E-state index is 5.14. The molecule has 0 radical (unpaired) electrons. The van der Waals surface area contributed by atoms with Crippen LogP contribution in [0, 0.1) is 5.41 Å². The lowest BCUT2D eigenvalue weighted by Gasteiger charge is -2.23. The summed E-state index contributed by atoms with van der Waals surface area (Å²) in [5.74, 6) is 1.60. The van der Waals surface area contributed by atoms with E-state index in [4.69, 9.17) is 4.74 Å². The SMILES string of the molecule is CN=C(NCc1ccnc(OC)c1)N1CCC(C)(C)C1. The number of nitrogens with zero attached hydrogens (tertiary/aromatic N) is 3. The van der Waals surface area contributed by atoms with E-state index in [0.29, 0.717) is 11.3 Å². The molecule has 110 valence electrons. The van der Waals surface area contributed by atoms with Gasteiger partial charge in [0.25, 0.3) is 0 Å². The fraction of sp³-hybridized carbons (Fsp3) is 0.600. The first kappa shape index (κ1) is 14.6. The van der Waals surface area contributed by atoms with E-state index >= 15 is 0 Å². The normalized spacial score (nSPS) is 18.2. The van der Waals surface area contributed by atoms with Crippen LogP contribution in [0.4, 0.5) is 0 Å². The summed E-state index contributed by atoms with van der Waals surface area (Å²) in [6.45, 7) is 7.43. The number of methoxy groups -OCH3 is 1. The van der Waals surface area contributed by atoms with Crippen molar-refractivity contribution in [1.29, 1.82) is 0 Å². The van der Waals surface area contributed by atoms with E-state index < -0.39 is 0 Å². The first-order chi connectivity index (χ1) is 9.54. The minimum atomic E-state index is 0.373. The van der Waals surface area contributed by atoms with Crippen LogP contribution in [0.15, 0.2) is 23.3 Å². The molecule has 1 aromatic rings. The summed E-state index contributed by atoms with van der Waals surface area (Å²) < 4.78 is 5.14. The summed E-state index contributed by atoms with van der Waals surface area (Å²) in [5, 5.41) is 3.41. The number of rotatable bonds is 3. The van der Waals surface area contributed by atoms with Gasteiger partial charge in [0.15, 0.2) is 5.96 Å². The fourth-order valence-corrected chi connectivity index (χ4v) is 2.48. The average Bonchev–Trinajstić information content (AvgIpc) is 2.80. The van der Waals surface area contributed by atoms with Crippen LogP contribution in [-0.4, -0.2) is 43.1 Å².